The number of hydrogen-bond donors (Lipinski definition) is 1. The maximum atomic E-state index is 9.51. The van der Waals surface area contributed by atoms with Gasteiger partial charge in [-0.15, -0.1) is 0 Å². The second kappa shape index (κ2) is 6.00. The summed E-state index contributed by atoms with van der Waals surface area (Å²) in [6, 6.07) is 5.76. The van der Waals surface area contributed by atoms with Crippen molar-refractivity contribution in [3.63, 3.8) is 0 Å². The second-order valence-electron chi connectivity index (χ2n) is 5.24. The van der Waals surface area contributed by atoms with Gasteiger partial charge in [0.2, 0.25) is 0 Å². The lowest BCUT2D eigenvalue weighted by molar-refractivity contribution is 0.0378. The quantitative estimate of drug-likeness (QED) is 0.853. The first-order valence-corrected chi connectivity index (χ1v) is 7.00. The van der Waals surface area contributed by atoms with Gasteiger partial charge < -0.3 is 5.11 Å². The van der Waals surface area contributed by atoms with E-state index < -0.39 is 0 Å². The molecule has 0 bridgehead atoms. The Morgan fingerprint density at radius 2 is 2.11 bits per heavy atom. The standard InChI is InChI=1S/C14H21ClN2O/c1-2-14(11-18)6-8-17(9-7-14)10-12-4-3-5-13(15)16-12/h3-5,18H,2,6-11H2,1H3. The van der Waals surface area contributed by atoms with Crippen LogP contribution in [0.25, 0.3) is 0 Å². The Labute approximate surface area is 114 Å². The molecule has 1 N–H and O–H groups in total. The Kier molecular flexibility index (Phi) is 4.60. The summed E-state index contributed by atoms with van der Waals surface area (Å²) in [7, 11) is 0. The van der Waals surface area contributed by atoms with E-state index in [-0.39, 0.29) is 5.41 Å². The van der Waals surface area contributed by atoms with Crippen molar-refractivity contribution in [2.75, 3.05) is 19.7 Å². The summed E-state index contributed by atoms with van der Waals surface area (Å²) in [5, 5.41) is 10.1. The molecule has 4 heteroatoms. The van der Waals surface area contributed by atoms with Crippen LogP contribution in [-0.2, 0) is 6.54 Å². The van der Waals surface area contributed by atoms with Crippen molar-refractivity contribution in [3.8, 4) is 0 Å². The molecule has 1 aliphatic rings. The van der Waals surface area contributed by atoms with Crippen LogP contribution in [0.5, 0.6) is 0 Å². The first-order chi connectivity index (χ1) is 8.67. The Morgan fingerprint density at radius 1 is 1.39 bits per heavy atom. The van der Waals surface area contributed by atoms with Gasteiger partial charge in [0.05, 0.1) is 5.69 Å². The zero-order chi connectivity index (χ0) is 13.0. The van der Waals surface area contributed by atoms with E-state index in [1.165, 1.54) is 0 Å². The highest BCUT2D eigenvalue weighted by molar-refractivity contribution is 6.29. The molecule has 100 valence electrons. The van der Waals surface area contributed by atoms with E-state index in [4.69, 9.17) is 11.6 Å². The van der Waals surface area contributed by atoms with E-state index in [0.29, 0.717) is 11.8 Å². The van der Waals surface area contributed by atoms with Gasteiger partial charge >= 0.3 is 0 Å². The lowest BCUT2D eigenvalue weighted by atomic mass is 9.77. The van der Waals surface area contributed by atoms with Crippen LogP contribution in [0, 0.1) is 5.41 Å². The molecule has 1 aliphatic heterocycles. The van der Waals surface area contributed by atoms with E-state index in [0.717, 1.165) is 44.6 Å². The van der Waals surface area contributed by atoms with Gasteiger partial charge in [-0.25, -0.2) is 4.98 Å². The number of aliphatic hydroxyl groups is 1. The molecule has 0 radical (unpaired) electrons. The summed E-state index contributed by atoms with van der Waals surface area (Å²) >= 11 is 5.89. The molecule has 2 heterocycles. The van der Waals surface area contributed by atoms with Crippen LogP contribution in [-0.4, -0.2) is 34.7 Å². The largest absolute Gasteiger partial charge is 0.396 e. The highest BCUT2D eigenvalue weighted by Gasteiger charge is 2.32. The molecule has 0 spiro atoms. The average molecular weight is 269 g/mol. The van der Waals surface area contributed by atoms with Crippen LogP contribution in [0.3, 0.4) is 0 Å². The van der Waals surface area contributed by atoms with E-state index in [1.807, 2.05) is 12.1 Å². The maximum absolute atomic E-state index is 9.51. The van der Waals surface area contributed by atoms with Crippen LogP contribution in [0.1, 0.15) is 31.9 Å². The normalized spacial score (nSPS) is 19.9. The minimum Gasteiger partial charge on any atom is -0.396 e. The summed E-state index contributed by atoms with van der Waals surface area (Å²) in [4.78, 5) is 6.71. The van der Waals surface area contributed by atoms with Crippen LogP contribution >= 0.6 is 11.6 Å². The molecule has 0 aliphatic carbocycles. The van der Waals surface area contributed by atoms with Crippen LogP contribution in [0.2, 0.25) is 5.15 Å². The monoisotopic (exact) mass is 268 g/mol. The summed E-state index contributed by atoms with van der Waals surface area (Å²) in [5.41, 5.74) is 1.17. The molecular weight excluding hydrogens is 248 g/mol. The molecule has 1 aromatic rings. The second-order valence-corrected chi connectivity index (χ2v) is 5.63. The number of pyridine rings is 1. The minimum atomic E-state index is 0.151. The highest BCUT2D eigenvalue weighted by atomic mass is 35.5. The van der Waals surface area contributed by atoms with E-state index in [1.54, 1.807) is 6.07 Å². The molecule has 3 nitrogen and oxygen atoms in total. The number of piperidine rings is 1. The lowest BCUT2D eigenvalue weighted by Crippen LogP contribution is -2.41. The summed E-state index contributed by atoms with van der Waals surface area (Å²) in [6.07, 6.45) is 3.20. The molecule has 1 saturated heterocycles. The number of likely N-dealkylation sites (tertiary alicyclic amines) is 1. The van der Waals surface area contributed by atoms with Crippen LogP contribution < -0.4 is 0 Å². The van der Waals surface area contributed by atoms with Crippen LogP contribution in [0.15, 0.2) is 18.2 Å². The number of rotatable bonds is 4. The van der Waals surface area contributed by atoms with Gasteiger partial charge in [0.25, 0.3) is 0 Å². The van der Waals surface area contributed by atoms with Crippen molar-refractivity contribution in [1.82, 2.24) is 9.88 Å². The topological polar surface area (TPSA) is 36.4 Å². The fraction of sp³-hybridized carbons (Fsp3) is 0.643. The summed E-state index contributed by atoms with van der Waals surface area (Å²) in [5.74, 6) is 0. The van der Waals surface area contributed by atoms with Crippen LogP contribution in [0.4, 0.5) is 0 Å². The number of nitrogens with zero attached hydrogens (tertiary/aromatic N) is 2. The Balaban J connectivity index is 1.91. The fourth-order valence-corrected chi connectivity index (χ4v) is 2.76. The van der Waals surface area contributed by atoms with Crippen molar-refractivity contribution in [2.45, 2.75) is 32.7 Å². The number of halogens is 1. The first kappa shape index (κ1) is 13.8. The smallest absolute Gasteiger partial charge is 0.129 e. The fourth-order valence-electron chi connectivity index (χ4n) is 2.58. The predicted octanol–water partition coefficient (Wildman–Crippen LogP) is 2.72. The van der Waals surface area contributed by atoms with Gasteiger partial charge in [-0.05, 0) is 49.9 Å². The van der Waals surface area contributed by atoms with Gasteiger partial charge in [0.1, 0.15) is 5.15 Å². The molecule has 0 aromatic carbocycles. The number of aromatic nitrogens is 1. The lowest BCUT2D eigenvalue weighted by Gasteiger charge is -2.40. The first-order valence-electron chi connectivity index (χ1n) is 6.62. The summed E-state index contributed by atoms with van der Waals surface area (Å²) < 4.78 is 0. The van der Waals surface area contributed by atoms with E-state index >= 15 is 0 Å². The molecular formula is C14H21ClN2O. The van der Waals surface area contributed by atoms with Crippen molar-refractivity contribution in [1.29, 1.82) is 0 Å². The van der Waals surface area contributed by atoms with Gasteiger partial charge in [0.15, 0.2) is 0 Å². The Hall–Kier alpha value is -0.640. The summed E-state index contributed by atoms with van der Waals surface area (Å²) in [6.45, 7) is 5.40. The van der Waals surface area contributed by atoms with Gasteiger partial charge in [-0.1, -0.05) is 24.6 Å². The van der Waals surface area contributed by atoms with Crippen molar-refractivity contribution < 1.29 is 5.11 Å². The van der Waals surface area contributed by atoms with Crippen molar-refractivity contribution in [3.05, 3.63) is 29.0 Å². The molecule has 1 fully saturated rings. The minimum absolute atomic E-state index is 0.151. The third-order valence-electron chi connectivity index (χ3n) is 4.16. The molecule has 2 rings (SSSR count). The van der Waals surface area contributed by atoms with Crippen molar-refractivity contribution >= 4 is 11.6 Å². The molecule has 0 saturated carbocycles. The molecule has 0 atom stereocenters. The zero-order valence-electron chi connectivity index (χ0n) is 10.9. The molecule has 0 amide bonds. The van der Waals surface area contributed by atoms with Gasteiger partial charge in [-0.3, -0.25) is 4.90 Å². The van der Waals surface area contributed by atoms with E-state index in [2.05, 4.69) is 16.8 Å². The predicted molar refractivity (Wildman–Crippen MR) is 73.6 cm³/mol. The van der Waals surface area contributed by atoms with Gasteiger partial charge in [-0.2, -0.15) is 0 Å². The Bertz CT molecular complexity index is 383. The SMILES string of the molecule is CCC1(CO)CCN(Cc2cccc(Cl)n2)CC1. The third-order valence-corrected chi connectivity index (χ3v) is 4.37. The number of hydrogen-bond acceptors (Lipinski definition) is 3. The highest BCUT2D eigenvalue weighted by Crippen LogP contribution is 2.34. The van der Waals surface area contributed by atoms with Crippen molar-refractivity contribution in [2.24, 2.45) is 5.41 Å². The third kappa shape index (κ3) is 3.22. The molecule has 1 aromatic heterocycles. The maximum Gasteiger partial charge on any atom is 0.129 e. The van der Waals surface area contributed by atoms with Gasteiger partial charge in [0, 0.05) is 13.2 Å². The molecule has 0 unspecified atom stereocenters. The Morgan fingerprint density at radius 3 is 2.67 bits per heavy atom. The zero-order valence-corrected chi connectivity index (χ0v) is 11.7. The van der Waals surface area contributed by atoms with E-state index in [9.17, 15) is 5.11 Å². The molecule has 18 heavy (non-hydrogen) atoms. The average Bonchev–Trinajstić information content (AvgIpc) is 2.40. The number of aliphatic hydroxyl groups excluding tert-OH is 1.